The summed E-state index contributed by atoms with van der Waals surface area (Å²) in [7, 11) is 0. The highest BCUT2D eigenvalue weighted by atomic mass is 16.3. The molecule has 0 fully saturated rings. The first-order valence-corrected chi connectivity index (χ1v) is 11.8. The van der Waals surface area contributed by atoms with Crippen LogP contribution in [-0.4, -0.2) is 16.5 Å². The largest absolute Gasteiger partial charge is 0.456 e. The summed E-state index contributed by atoms with van der Waals surface area (Å²) in [5.41, 5.74) is 5.53. The molecule has 34 heavy (non-hydrogen) atoms. The van der Waals surface area contributed by atoms with Crippen LogP contribution in [-0.2, 0) is 0 Å². The minimum atomic E-state index is 0.230. The third-order valence-electron chi connectivity index (χ3n) is 7.75. The van der Waals surface area contributed by atoms with Crippen LogP contribution in [0.1, 0.15) is 0 Å². The Morgan fingerprint density at radius 3 is 2.35 bits per heavy atom. The van der Waals surface area contributed by atoms with E-state index in [4.69, 9.17) is 4.42 Å². The SMILES string of the molecule is C1=CC2Nc3c(n4c5ccc6oc7ccc8ccccc8c7c6c5c5cccc3c54)NC2C=C1. The minimum Gasteiger partial charge on any atom is -0.456 e. The van der Waals surface area contributed by atoms with Crippen LogP contribution in [0.4, 0.5) is 11.5 Å². The van der Waals surface area contributed by atoms with E-state index in [9.17, 15) is 0 Å². The third-order valence-corrected chi connectivity index (χ3v) is 7.75. The molecule has 4 aromatic carbocycles. The molecule has 0 amide bonds. The van der Waals surface area contributed by atoms with E-state index in [0.717, 1.165) is 17.0 Å². The number of nitrogens with zero attached hydrogens (tertiary/aromatic N) is 1. The molecule has 9 rings (SSSR count). The fourth-order valence-corrected chi connectivity index (χ4v) is 6.35. The second-order valence-corrected chi connectivity index (χ2v) is 9.47. The smallest absolute Gasteiger partial charge is 0.136 e. The third kappa shape index (κ3) is 1.88. The molecule has 0 saturated carbocycles. The number of aromatic nitrogens is 1. The average molecular weight is 438 g/mol. The van der Waals surface area contributed by atoms with Crippen molar-refractivity contribution in [1.29, 1.82) is 0 Å². The van der Waals surface area contributed by atoms with Gasteiger partial charge in [0.05, 0.1) is 28.8 Å². The molecule has 1 aliphatic heterocycles. The number of furan rings is 1. The highest BCUT2D eigenvalue weighted by Gasteiger charge is 2.32. The number of rotatable bonds is 0. The zero-order valence-electron chi connectivity index (χ0n) is 18.2. The number of benzene rings is 4. The van der Waals surface area contributed by atoms with Crippen molar-refractivity contribution in [2.75, 3.05) is 10.6 Å². The van der Waals surface area contributed by atoms with Crippen LogP contribution in [0.2, 0.25) is 0 Å². The summed E-state index contributed by atoms with van der Waals surface area (Å²) in [5.74, 6) is 1.14. The minimum absolute atomic E-state index is 0.230. The number of allylic oxidation sites excluding steroid dienone is 2. The van der Waals surface area contributed by atoms with Crippen molar-refractivity contribution < 1.29 is 4.42 Å². The summed E-state index contributed by atoms with van der Waals surface area (Å²) in [6.45, 7) is 0. The Balaban J connectivity index is 1.50. The van der Waals surface area contributed by atoms with Crippen molar-refractivity contribution in [3.63, 3.8) is 0 Å². The van der Waals surface area contributed by atoms with Gasteiger partial charge in [-0.1, -0.05) is 72.8 Å². The van der Waals surface area contributed by atoms with Crippen LogP contribution >= 0.6 is 0 Å². The number of hydrogen-bond donors (Lipinski definition) is 2. The van der Waals surface area contributed by atoms with Gasteiger partial charge in [-0.15, -0.1) is 0 Å². The van der Waals surface area contributed by atoms with E-state index in [1.165, 1.54) is 54.4 Å². The Labute approximate surface area is 194 Å². The van der Waals surface area contributed by atoms with E-state index in [0.29, 0.717) is 0 Å². The van der Waals surface area contributed by atoms with Crippen molar-refractivity contribution in [1.82, 2.24) is 4.40 Å². The standard InChI is InChI=1S/C30H19N3O/c1-2-7-17-16(6-1)12-14-23-26(17)27-24(34-23)15-13-22-25(27)18-8-5-9-19-28-30(33(22)29(18)19)32-21-11-4-3-10-20(21)31-28/h1-15,20-21,31-32H. The van der Waals surface area contributed by atoms with Gasteiger partial charge in [0, 0.05) is 26.9 Å². The predicted molar refractivity (Wildman–Crippen MR) is 141 cm³/mol. The first-order chi connectivity index (χ1) is 16.9. The second kappa shape index (κ2) is 5.72. The van der Waals surface area contributed by atoms with Gasteiger partial charge in [0.15, 0.2) is 0 Å². The Morgan fingerprint density at radius 1 is 0.647 bits per heavy atom. The summed E-state index contributed by atoms with van der Waals surface area (Å²) in [5, 5.41) is 16.3. The molecule has 7 aromatic rings. The van der Waals surface area contributed by atoms with E-state index in [2.05, 4.69) is 106 Å². The van der Waals surface area contributed by atoms with Crippen LogP contribution in [0.15, 0.2) is 95.5 Å². The van der Waals surface area contributed by atoms with Crippen LogP contribution in [0.3, 0.4) is 0 Å². The van der Waals surface area contributed by atoms with Crippen LogP contribution in [0, 0.1) is 0 Å². The average Bonchev–Trinajstić information content (AvgIpc) is 3.53. The fraction of sp³-hybridized carbons (Fsp3) is 0.0667. The summed E-state index contributed by atoms with van der Waals surface area (Å²) >= 11 is 0. The molecule has 4 nitrogen and oxygen atoms in total. The fourth-order valence-electron chi connectivity index (χ4n) is 6.35. The van der Waals surface area contributed by atoms with Crippen molar-refractivity contribution in [3.8, 4) is 0 Å². The van der Waals surface area contributed by atoms with Crippen molar-refractivity contribution in [2.24, 2.45) is 0 Å². The molecular weight excluding hydrogens is 418 g/mol. The molecule has 0 spiro atoms. The monoisotopic (exact) mass is 437 g/mol. The van der Waals surface area contributed by atoms with Gasteiger partial charge >= 0.3 is 0 Å². The summed E-state index contributed by atoms with van der Waals surface area (Å²) < 4.78 is 8.80. The van der Waals surface area contributed by atoms with Gasteiger partial charge in [-0.05, 0) is 29.0 Å². The molecular formula is C30H19N3O. The zero-order chi connectivity index (χ0) is 22.0. The van der Waals surface area contributed by atoms with E-state index in [-0.39, 0.29) is 12.1 Å². The lowest BCUT2D eigenvalue weighted by Gasteiger charge is -2.33. The van der Waals surface area contributed by atoms with Gasteiger partial charge in [-0.2, -0.15) is 0 Å². The number of hydrogen-bond acceptors (Lipinski definition) is 3. The maximum absolute atomic E-state index is 6.39. The van der Waals surface area contributed by atoms with E-state index in [1.54, 1.807) is 0 Å². The van der Waals surface area contributed by atoms with Crippen molar-refractivity contribution in [2.45, 2.75) is 12.1 Å². The number of fused-ring (bicyclic) bond motifs is 13. The van der Waals surface area contributed by atoms with Gasteiger partial charge < -0.3 is 15.1 Å². The van der Waals surface area contributed by atoms with E-state index in [1.807, 2.05) is 0 Å². The highest BCUT2D eigenvalue weighted by Crippen LogP contribution is 2.48. The highest BCUT2D eigenvalue weighted by molar-refractivity contribution is 6.33. The summed E-state index contributed by atoms with van der Waals surface area (Å²) in [6.07, 6.45) is 8.72. The lowest BCUT2D eigenvalue weighted by Crippen LogP contribution is -2.41. The number of anilines is 2. The summed E-state index contributed by atoms with van der Waals surface area (Å²) in [4.78, 5) is 0. The Hall–Kier alpha value is -4.44. The molecule has 0 radical (unpaired) electrons. The van der Waals surface area contributed by atoms with Gasteiger partial charge in [0.2, 0.25) is 0 Å². The second-order valence-electron chi connectivity index (χ2n) is 9.47. The Kier molecular flexibility index (Phi) is 2.88. The summed E-state index contributed by atoms with van der Waals surface area (Å²) in [6, 6.07) is 24.4. The first kappa shape index (κ1) is 17.1. The van der Waals surface area contributed by atoms with Crippen LogP contribution in [0.5, 0.6) is 0 Å². The molecule has 2 atom stereocenters. The van der Waals surface area contributed by atoms with E-state index >= 15 is 0 Å². The molecule has 160 valence electrons. The quantitative estimate of drug-likeness (QED) is 0.259. The molecule has 1 aliphatic carbocycles. The normalized spacial score (nSPS) is 19.4. The van der Waals surface area contributed by atoms with Crippen LogP contribution < -0.4 is 10.6 Å². The Bertz CT molecular complexity index is 2040. The zero-order valence-corrected chi connectivity index (χ0v) is 18.2. The topological polar surface area (TPSA) is 41.6 Å². The van der Waals surface area contributed by atoms with Gasteiger partial charge in [-0.3, -0.25) is 4.40 Å². The molecule has 0 bridgehead atoms. The van der Waals surface area contributed by atoms with Crippen LogP contribution in [0.25, 0.3) is 59.9 Å². The maximum Gasteiger partial charge on any atom is 0.136 e. The molecule has 4 heteroatoms. The lowest BCUT2D eigenvalue weighted by atomic mass is 9.98. The lowest BCUT2D eigenvalue weighted by molar-refractivity contribution is 0.669. The number of nitrogens with one attached hydrogen (secondary N) is 2. The van der Waals surface area contributed by atoms with Gasteiger partial charge in [0.25, 0.3) is 0 Å². The van der Waals surface area contributed by atoms with E-state index < -0.39 is 0 Å². The predicted octanol–water partition coefficient (Wildman–Crippen LogP) is 7.44. The molecule has 0 saturated heterocycles. The molecule has 2 aliphatic rings. The van der Waals surface area contributed by atoms with Gasteiger partial charge in [0.1, 0.15) is 17.0 Å². The van der Waals surface area contributed by atoms with Crippen molar-refractivity contribution >= 4 is 71.4 Å². The molecule has 4 heterocycles. The molecule has 2 N–H and O–H groups in total. The first-order valence-electron chi connectivity index (χ1n) is 11.8. The van der Waals surface area contributed by atoms with Crippen molar-refractivity contribution in [3.05, 3.63) is 91.0 Å². The maximum atomic E-state index is 6.39. The Morgan fingerprint density at radius 2 is 1.41 bits per heavy atom. The molecule has 3 aromatic heterocycles. The molecule has 2 unspecified atom stereocenters. The number of para-hydroxylation sites is 1. The van der Waals surface area contributed by atoms with Gasteiger partial charge in [-0.25, -0.2) is 0 Å².